The molecule has 2 aromatic rings. The van der Waals surface area contributed by atoms with Gasteiger partial charge in [0.05, 0.1) is 12.0 Å². The van der Waals surface area contributed by atoms with Gasteiger partial charge in [0, 0.05) is 6.42 Å². The first-order valence-corrected chi connectivity index (χ1v) is 7.48. The zero-order valence-electron chi connectivity index (χ0n) is 13.1. The van der Waals surface area contributed by atoms with Crippen LogP contribution < -0.4 is 5.32 Å². The Morgan fingerprint density at radius 3 is 2.08 bits per heavy atom. The van der Waals surface area contributed by atoms with Gasteiger partial charge >= 0.3 is 12.1 Å². The Morgan fingerprint density at radius 1 is 0.960 bits per heavy atom. The number of carbonyl (C=O) groups is 2. The summed E-state index contributed by atoms with van der Waals surface area (Å²) >= 11 is 0. The minimum atomic E-state index is -4.45. The standard InChI is InChI=1S/C18H16F3NO3/c19-18(20,21)14-8-6-13(7-9-14)10-15(17(24)25)22-16(23)11-12-4-2-1-3-5-12/h1-9,15H,10-11H2,(H,22,23)(H,24,25)/t15-/m0/s1. The van der Waals surface area contributed by atoms with Gasteiger partial charge in [-0.25, -0.2) is 4.79 Å². The molecule has 0 aliphatic heterocycles. The molecular weight excluding hydrogens is 335 g/mol. The molecule has 0 saturated carbocycles. The lowest BCUT2D eigenvalue weighted by Gasteiger charge is -2.15. The second kappa shape index (κ2) is 7.83. The van der Waals surface area contributed by atoms with Crippen LogP contribution in [0.2, 0.25) is 0 Å². The molecule has 2 aromatic carbocycles. The van der Waals surface area contributed by atoms with Crippen LogP contribution in [0, 0.1) is 0 Å². The summed E-state index contributed by atoms with van der Waals surface area (Å²) in [6.07, 6.45) is -4.53. The number of nitrogens with one attached hydrogen (secondary N) is 1. The Labute approximate surface area is 142 Å². The lowest BCUT2D eigenvalue weighted by molar-refractivity contribution is -0.141. The van der Waals surface area contributed by atoms with Gasteiger partial charge in [-0.1, -0.05) is 42.5 Å². The molecule has 1 atom stereocenters. The maximum Gasteiger partial charge on any atom is 0.416 e. The van der Waals surface area contributed by atoms with Gasteiger partial charge in [-0.05, 0) is 23.3 Å². The van der Waals surface area contributed by atoms with Crippen molar-refractivity contribution in [3.8, 4) is 0 Å². The summed E-state index contributed by atoms with van der Waals surface area (Å²) in [5.41, 5.74) is 0.315. The zero-order valence-corrected chi connectivity index (χ0v) is 13.1. The molecule has 1 amide bonds. The van der Waals surface area contributed by atoms with Crippen molar-refractivity contribution in [1.29, 1.82) is 0 Å². The number of hydrogen-bond donors (Lipinski definition) is 2. The van der Waals surface area contributed by atoms with Crippen molar-refractivity contribution in [3.63, 3.8) is 0 Å². The van der Waals surface area contributed by atoms with E-state index in [0.29, 0.717) is 5.56 Å². The van der Waals surface area contributed by atoms with E-state index in [9.17, 15) is 27.9 Å². The van der Waals surface area contributed by atoms with E-state index in [2.05, 4.69) is 5.32 Å². The van der Waals surface area contributed by atoms with Gasteiger partial charge < -0.3 is 10.4 Å². The highest BCUT2D eigenvalue weighted by Gasteiger charge is 2.30. The third kappa shape index (κ3) is 5.63. The Morgan fingerprint density at radius 2 is 1.56 bits per heavy atom. The summed E-state index contributed by atoms with van der Waals surface area (Å²) in [5.74, 6) is -1.72. The predicted octanol–water partition coefficient (Wildman–Crippen LogP) is 3.06. The number of carboxylic acid groups (broad SMARTS) is 1. The van der Waals surface area contributed by atoms with Gasteiger partial charge in [0.1, 0.15) is 6.04 Å². The number of benzene rings is 2. The van der Waals surface area contributed by atoms with E-state index >= 15 is 0 Å². The Balaban J connectivity index is 2.01. The number of carboxylic acids is 1. The molecular formula is C18H16F3NO3. The minimum absolute atomic E-state index is 0.0254. The van der Waals surface area contributed by atoms with Crippen LogP contribution in [0.25, 0.3) is 0 Å². The van der Waals surface area contributed by atoms with Crippen molar-refractivity contribution in [1.82, 2.24) is 5.32 Å². The molecule has 2 rings (SSSR count). The van der Waals surface area contributed by atoms with Crippen molar-refractivity contribution in [2.75, 3.05) is 0 Å². The lowest BCUT2D eigenvalue weighted by Crippen LogP contribution is -2.43. The molecule has 4 nitrogen and oxygen atoms in total. The normalized spacial score (nSPS) is 12.4. The van der Waals surface area contributed by atoms with E-state index in [1.54, 1.807) is 30.3 Å². The van der Waals surface area contributed by atoms with Crippen LogP contribution in [-0.4, -0.2) is 23.0 Å². The first kappa shape index (κ1) is 18.5. The quantitative estimate of drug-likeness (QED) is 0.841. The van der Waals surface area contributed by atoms with Crippen molar-refractivity contribution < 1.29 is 27.9 Å². The van der Waals surface area contributed by atoms with Crippen molar-refractivity contribution in [3.05, 3.63) is 71.3 Å². The van der Waals surface area contributed by atoms with E-state index in [1.165, 1.54) is 12.1 Å². The van der Waals surface area contributed by atoms with Crippen LogP contribution >= 0.6 is 0 Å². The van der Waals surface area contributed by atoms with Crippen LogP contribution in [0.5, 0.6) is 0 Å². The number of halogens is 3. The van der Waals surface area contributed by atoms with Crippen LogP contribution in [-0.2, 0) is 28.6 Å². The van der Waals surface area contributed by atoms with Crippen molar-refractivity contribution >= 4 is 11.9 Å². The van der Waals surface area contributed by atoms with E-state index in [0.717, 1.165) is 17.7 Å². The molecule has 132 valence electrons. The number of hydrogen-bond acceptors (Lipinski definition) is 2. The monoisotopic (exact) mass is 351 g/mol. The molecule has 0 spiro atoms. The van der Waals surface area contributed by atoms with E-state index < -0.39 is 29.7 Å². The third-order valence-electron chi connectivity index (χ3n) is 3.56. The highest BCUT2D eigenvalue weighted by Crippen LogP contribution is 2.29. The number of carbonyl (C=O) groups excluding carboxylic acids is 1. The van der Waals surface area contributed by atoms with Gasteiger partial charge in [-0.3, -0.25) is 4.79 Å². The fraction of sp³-hybridized carbons (Fsp3) is 0.222. The highest BCUT2D eigenvalue weighted by atomic mass is 19.4. The van der Waals surface area contributed by atoms with Gasteiger partial charge in [0.15, 0.2) is 0 Å². The summed E-state index contributed by atoms with van der Waals surface area (Å²) < 4.78 is 37.6. The summed E-state index contributed by atoms with van der Waals surface area (Å²) in [5, 5.41) is 11.6. The third-order valence-corrected chi connectivity index (χ3v) is 3.56. The summed E-state index contributed by atoms with van der Waals surface area (Å²) in [6.45, 7) is 0. The average Bonchev–Trinajstić information content (AvgIpc) is 2.54. The van der Waals surface area contributed by atoms with Crippen molar-refractivity contribution in [2.24, 2.45) is 0 Å². The Hall–Kier alpha value is -2.83. The van der Waals surface area contributed by atoms with Crippen LogP contribution in [0.1, 0.15) is 16.7 Å². The molecule has 25 heavy (non-hydrogen) atoms. The maximum atomic E-state index is 12.5. The molecule has 0 radical (unpaired) electrons. The van der Waals surface area contributed by atoms with Crippen LogP contribution in [0.3, 0.4) is 0 Å². The SMILES string of the molecule is O=C(Cc1ccccc1)N[C@@H](Cc1ccc(C(F)(F)F)cc1)C(=O)O. The topological polar surface area (TPSA) is 66.4 Å². The molecule has 0 aromatic heterocycles. The van der Waals surface area contributed by atoms with Gasteiger partial charge in [0.2, 0.25) is 5.91 Å². The van der Waals surface area contributed by atoms with E-state index in [-0.39, 0.29) is 12.8 Å². The first-order chi connectivity index (χ1) is 11.8. The number of rotatable bonds is 6. The maximum absolute atomic E-state index is 12.5. The molecule has 0 saturated heterocycles. The van der Waals surface area contributed by atoms with Gasteiger partial charge in [-0.15, -0.1) is 0 Å². The summed E-state index contributed by atoms with van der Waals surface area (Å²) in [6, 6.07) is 11.8. The summed E-state index contributed by atoms with van der Waals surface area (Å²) in [4.78, 5) is 23.3. The fourth-order valence-electron chi connectivity index (χ4n) is 2.29. The summed E-state index contributed by atoms with van der Waals surface area (Å²) in [7, 11) is 0. The fourth-order valence-corrected chi connectivity index (χ4v) is 2.29. The lowest BCUT2D eigenvalue weighted by atomic mass is 10.0. The minimum Gasteiger partial charge on any atom is -0.480 e. The smallest absolute Gasteiger partial charge is 0.416 e. The second-order valence-electron chi connectivity index (χ2n) is 5.52. The Kier molecular flexibility index (Phi) is 5.80. The molecule has 7 heteroatoms. The molecule has 0 unspecified atom stereocenters. The van der Waals surface area contributed by atoms with Gasteiger partial charge in [0.25, 0.3) is 0 Å². The highest BCUT2D eigenvalue weighted by molar-refractivity contribution is 5.85. The molecule has 0 bridgehead atoms. The average molecular weight is 351 g/mol. The van der Waals surface area contributed by atoms with E-state index in [4.69, 9.17) is 0 Å². The van der Waals surface area contributed by atoms with E-state index in [1.807, 2.05) is 0 Å². The molecule has 0 aliphatic carbocycles. The Bertz CT molecular complexity index is 727. The van der Waals surface area contributed by atoms with Crippen molar-refractivity contribution in [2.45, 2.75) is 25.1 Å². The number of aliphatic carboxylic acids is 1. The largest absolute Gasteiger partial charge is 0.480 e. The first-order valence-electron chi connectivity index (χ1n) is 7.48. The number of amides is 1. The predicted molar refractivity (Wildman–Crippen MR) is 84.9 cm³/mol. The zero-order chi connectivity index (χ0) is 18.4. The molecule has 2 N–H and O–H groups in total. The number of alkyl halides is 3. The second-order valence-corrected chi connectivity index (χ2v) is 5.52. The van der Waals surface area contributed by atoms with Gasteiger partial charge in [-0.2, -0.15) is 13.2 Å². The van der Waals surface area contributed by atoms with Crippen LogP contribution in [0.4, 0.5) is 13.2 Å². The van der Waals surface area contributed by atoms with Crippen LogP contribution in [0.15, 0.2) is 54.6 Å². The molecule has 0 fully saturated rings. The molecule has 0 heterocycles. The molecule has 0 aliphatic rings.